The number of benzene rings is 2. The molecular weight excluding hydrogens is 302 g/mol. The number of anilines is 3. The van der Waals surface area contributed by atoms with Crippen LogP contribution >= 0.6 is 0 Å². The Labute approximate surface area is 142 Å². The van der Waals surface area contributed by atoms with Crippen molar-refractivity contribution in [3.8, 4) is 0 Å². The zero-order chi connectivity index (χ0) is 16.9. The van der Waals surface area contributed by atoms with Crippen molar-refractivity contribution in [3.05, 3.63) is 53.6 Å². The minimum absolute atomic E-state index is 0.129. The summed E-state index contributed by atoms with van der Waals surface area (Å²) >= 11 is 0. The average Bonchev–Trinajstić information content (AvgIpc) is 2.62. The predicted molar refractivity (Wildman–Crippen MR) is 97.7 cm³/mol. The van der Waals surface area contributed by atoms with Crippen LogP contribution in [0.2, 0.25) is 0 Å². The van der Waals surface area contributed by atoms with Crippen LogP contribution in [0.4, 0.5) is 17.1 Å². The summed E-state index contributed by atoms with van der Waals surface area (Å²) in [5, 5.41) is 2.90. The average molecular weight is 325 g/mol. The smallest absolute Gasteiger partial charge is 0.255 e. The van der Waals surface area contributed by atoms with Crippen LogP contribution in [0.3, 0.4) is 0 Å². The first-order valence-electron chi connectivity index (χ1n) is 8.30. The van der Waals surface area contributed by atoms with Crippen molar-refractivity contribution in [3.63, 3.8) is 0 Å². The number of nitrogens with two attached hydrogens (primary N) is 1. The monoisotopic (exact) mass is 325 g/mol. The van der Waals surface area contributed by atoms with E-state index in [9.17, 15) is 4.79 Å². The second kappa shape index (κ2) is 7.36. The quantitative estimate of drug-likeness (QED) is 0.848. The molecule has 0 saturated carbocycles. The van der Waals surface area contributed by atoms with Crippen LogP contribution in [0.25, 0.3) is 0 Å². The van der Waals surface area contributed by atoms with Crippen LogP contribution in [0.15, 0.2) is 42.5 Å². The van der Waals surface area contributed by atoms with E-state index in [-0.39, 0.29) is 5.91 Å². The lowest BCUT2D eigenvalue weighted by Crippen LogP contribution is -2.36. The minimum atomic E-state index is -0.129. The molecule has 3 N–H and O–H groups in total. The van der Waals surface area contributed by atoms with E-state index in [1.807, 2.05) is 42.5 Å². The highest BCUT2D eigenvalue weighted by Gasteiger charge is 2.14. The van der Waals surface area contributed by atoms with Crippen LogP contribution in [0.1, 0.15) is 22.8 Å². The first-order chi connectivity index (χ1) is 11.7. The topological polar surface area (TPSA) is 67.6 Å². The number of rotatable bonds is 4. The number of carbonyl (C=O) groups excluding carboxylic acids is 1. The molecule has 1 saturated heterocycles. The van der Waals surface area contributed by atoms with Crippen LogP contribution in [0.5, 0.6) is 0 Å². The molecule has 2 aromatic carbocycles. The fourth-order valence-corrected chi connectivity index (χ4v) is 2.82. The number of ether oxygens (including phenoxy) is 1. The predicted octanol–water partition coefficient (Wildman–Crippen LogP) is 2.92. The third-order valence-corrected chi connectivity index (χ3v) is 4.26. The fraction of sp³-hybridized carbons (Fsp3) is 0.316. The Morgan fingerprint density at radius 1 is 1.17 bits per heavy atom. The van der Waals surface area contributed by atoms with Gasteiger partial charge in [-0.2, -0.15) is 0 Å². The van der Waals surface area contributed by atoms with E-state index in [2.05, 4.69) is 17.1 Å². The second-order valence-corrected chi connectivity index (χ2v) is 5.88. The lowest BCUT2D eigenvalue weighted by atomic mass is 10.1. The van der Waals surface area contributed by atoms with Crippen LogP contribution in [-0.2, 0) is 11.2 Å². The fourth-order valence-electron chi connectivity index (χ4n) is 2.82. The zero-order valence-electron chi connectivity index (χ0n) is 13.9. The maximum atomic E-state index is 12.3. The number of nitrogen functional groups attached to an aromatic ring is 1. The van der Waals surface area contributed by atoms with Crippen molar-refractivity contribution in [2.75, 3.05) is 42.3 Å². The maximum absolute atomic E-state index is 12.3. The number of morpholine rings is 1. The van der Waals surface area contributed by atoms with E-state index >= 15 is 0 Å². The standard InChI is InChI=1S/C19H23N3O2/c1-2-14-3-5-15(6-4-14)19(23)21-16-7-8-18(17(20)13-16)22-9-11-24-12-10-22/h3-8,13H,2,9-12,20H2,1H3,(H,21,23). The SMILES string of the molecule is CCc1ccc(C(=O)Nc2ccc(N3CCOCC3)c(N)c2)cc1. The Hall–Kier alpha value is -2.53. The zero-order valence-corrected chi connectivity index (χ0v) is 13.9. The summed E-state index contributed by atoms with van der Waals surface area (Å²) in [6, 6.07) is 13.3. The molecule has 24 heavy (non-hydrogen) atoms. The number of nitrogens with zero attached hydrogens (tertiary/aromatic N) is 1. The molecule has 2 aromatic rings. The Kier molecular flexibility index (Phi) is 5.01. The van der Waals surface area contributed by atoms with E-state index in [1.165, 1.54) is 5.56 Å². The van der Waals surface area contributed by atoms with Gasteiger partial charge in [0.2, 0.25) is 0 Å². The van der Waals surface area contributed by atoms with Gasteiger partial charge >= 0.3 is 0 Å². The van der Waals surface area contributed by atoms with Gasteiger partial charge in [0.1, 0.15) is 0 Å². The summed E-state index contributed by atoms with van der Waals surface area (Å²) in [5.41, 5.74) is 10.4. The first kappa shape index (κ1) is 16.3. The molecule has 126 valence electrons. The number of nitrogens with one attached hydrogen (secondary N) is 1. The second-order valence-electron chi connectivity index (χ2n) is 5.88. The molecule has 0 aromatic heterocycles. The molecule has 1 fully saturated rings. The third kappa shape index (κ3) is 3.68. The van der Waals surface area contributed by atoms with Gasteiger partial charge in [-0.05, 0) is 42.3 Å². The van der Waals surface area contributed by atoms with Crippen molar-refractivity contribution >= 4 is 23.0 Å². The van der Waals surface area contributed by atoms with Gasteiger partial charge in [0, 0.05) is 24.3 Å². The lowest BCUT2D eigenvalue weighted by molar-refractivity contribution is 0.102. The maximum Gasteiger partial charge on any atom is 0.255 e. The summed E-state index contributed by atoms with van der Waals surface area (Å²) in [6.45, 7) is 5.19. The molecule has 0 aliphatic carbocycles. The number of amides is 1. The highest BCUT2D eigenvalue weighted by atomic mass is 16.5. The molecule has 5 heteroatoms. The van der Waals surface area contributed by atoms with Gasteiger partial charge in [-0.15, -0.1) is 0 Å². The van der Waals surface area contributed by atoms with Crippen LogP contribution in [-0.4, -0.2) is 32.2 Å². The van der Waals surface area contributed by atoms with Gasteiger partial charge in [0.05, 0.1) is 24.6 Å². The molecule has 3 rings (SSSR count). The van der Waals surface area contributed by atoms with E-state index < -0.39 is 0 Å². The first-order valence-corrected chi connectivity index (χ1v) is 8.30. The number of hydrogen-bond acceptors (Lipinski definition) is 4. The molecular formula is C19H23N3O2. The molecule has 0 radical (unpaired) electrons. The van der Waals surface area contributed by atoms with E-state index in [1.54, 1.807) is 0 Å². The van der Waals surface area contributed by atoms with Crippen LogP contribution in [0, 0.1) is 0 Å². The summed E-state index contributed by atoms with van der Waals surface area (Å²) < 4.78 is 5.36. The van der Waals surface area contributed by atoms with Crippen molar-refractivity contribution in [1.82, 2.24) is 0 Å². The molecule has 0 unspecified atom stereocenters. The van der Waals surface area contributed by atoms with Gasteiger partial charge in [-0.25, -0.2) is 0 Å². The molecule has 0 bridgehead atoms. The van der Waals surface area contributed by atoms with Gasteiger partial charge in [-0.1, -0.05) is 19.1 Å². The van der Waals surface area contributed by atoms with Crippen LogP contribution < -0.4 is 16.0 Å². The molecule has 1 amide bonds. The Morgan fingerprint density at radius 2 is 1.88 bits per heavy atom. The Balaban J connectivity index is 1.70. The Morgan fingerprint density at radius 3 is 2.50 bits per heavy atom. The van der Waals surface area contributed by atoms with Crippen molar-refractivity contribution < 1.29 is 9.53 Å². The van der Waals surface area contributed by atoms with Gasteiger partial charge in [-0.3, -0.25) is 4.79 Å². The highest BCUT2D eigenvalue weighted by Crippen LogP contribution is 2.27. The van der Waals surface area contributed by atoms with Crippen molar-refractivity contribution in [2.45, 2.75) is 13.3 Å². The number of aryl methyl sites for hydroxylation is 1. The van der Waals surface area contributed by atoms with E-state index in [0.29, 0.717) is 30.2 Å². The van der Waals surface area contributed by atoms with Crippen molar-refractivity contribution in [2.24, 2.45) is 0 Å². The largest absolute Gasteiger partial charge is 0.397 e. The minimum Gasteiger partial charge on any atom is -0.397 e. The molecule has 0 spiro atoms. The number of hydrogen-bond donors (Lipinski definition) is 2. The summed E-state index contributed by atoms with van der Waals surface area (Å²) in [5.74, 6) is -0.129. The van der Waals surface area contributed by atoms with Gasteiger partial charge < -0.3 is 20.7 Å². The van der Waals surface area contributed by atoms with E-state index in [4.69, 9.17) is 10.5 Å². The molecule has 0 atom stereocenters. The molecule has 5 nitrogen and oxygen atoms in total. The van der Waals surface area contributed by atoms with E-state index in [0.717, 1.165) is 25.2 Å². The normalized spacial score (nSPS) is 14.5. The highest BCUT2D eigenvalue weighted by molar-refractivity contribution is 6.04. The third-order valence-electron chi connectivity index (χ3n) is 4.26. The van der Waals surface area contributed by atoms with Gasteiger partial charge in [0.25, 0.3) is 5.91 Å². The summed E-state index contributed by atoms with van der Waals surface area (Å²) in [4.78, 5) is 14.5. The Bertz CT molecular complexity index is 707. The summed E-state index contributed by atoms with van der Waals surface area (Å²) in [7, 11) is 0. The molecule has 1 heterocycles. The summed E-state index contributed by atoms with van der Waals surface area (Å²) in [6.07, 6.45) is 0.960. The van der Waals surface area contributed by atoms with Gasteiger partial charge in [0.15, 0.2) is 0 Å². The molecule has 1 aliphatic heterocycles. The number of carbonyl (C=O) groups is 1. The molecule has 1 aliphatic rings. The van der Waals surface area contributed by atoms with Crippen molar-refractivity contribution in [1.29, 1.82) is 0 Å². The lowest BCUT2D eigenvalue weighted by Gasteiger charge is -2.30.